The minimum atomic E-state index is -0.459. The molecule has 0 N–H and O–H groups in total. The molecule has 3 heteroatoms. The Hall–Kier alpha value is -0.900. The van der Waals surface area contributed by atoms with Crippen molar-refractivity contribution in [1.82, 2.24) is 0 Å². The van der Waals surface area contributed by atoms with Gasteiger partial charge in [-0.1, -0.05) is 30.3 Å². The SMILES string of the molecule is CC1(C)OC[C@H]([C@@H]2CCC(c3ccccc3)O2)O1. The van der Waals surface area contributed by atoms with Crippen molar-refractivity contribution in [3.05, 3.63) is 35.9 Å². The molecule has 1 aromatic rings. The van der Waals surface area contributed by atoms with Crippen LogP contribution in [0.2, 0.25) is 0 Å². The van der Waals surface area contributed by atoms with Gasteiger partial charge in [0.25, 0.3) is 0 Å². The Bertz CT molecular complexity index is 401. The van der Waals surface area contributed by atoms with Crippen molar-refractivity contribution < 1.29 is 14.2 Å². The lowest BCUT2D eigenvalue weighted by molar-refractivity contribution is -0.155. The van der Waals surface area contributed by atoms with Gasteiger partial charge in [0.05, 0.1) is 18.8 Å². The minimum absolute atomic E-state index is 0.0775. The largest absolute Gasteiger partial charge is 0.368 e. The summed E-state index contributed by atoms with van der Waals surface area (Å²) >= 11 is 0. The van der Waals surface area contributed by atoms with E-state index in [1.54, 1.807) is 0 Å². The van der Waals surface area contributed by atoms with Crippen molar-refractivity contribution in [2.45, 2.75) is 50.8 Å². The molecule has 98 valence electrons. The van der Waals surface area contributed by atoms with E-state index in [0.717, 1.165) is 12.8 Å². The van der Waals surface area contributed by atoms with E-state index in [9.17, 15) is 0 Å². The van der Waals surface area contributed by atoms with E-state index in [1.807, 2.05) is 19.9 Å². The highest BCUT2D eigenvalue weighted by Gasteiger charge is 2.41. The van der Waals surface area contributed by atoms with Gasteiger partial charge in [0.15, 0.2) is 5.79 Å². The summed E-state index contributed by atoms with van der Waals surface area (Å²) in [6.07, 6.45) is 2.56. The summed E-state index contributed by atoms with van der Waals surface area (Å²) in [6.45, 7) is 4.55. The summed E-state index contributed by atoms with van der Waals surface area (Å²) in [5.74, 6) is -0.459. The number of benzene rings is 1. The van der Waals surface area contributed by atoms with E-state index in [-0.39, 0.29) is 18.3 Å². The van der Waals surface area contributed by atoms with Crippen LogP contribution >= 0.6 is 0 Å². The molecule has 3 rings (SSSR count). The third kappa shape index (κ3) is 2.44. The molecule has 2 fully saturated rings. The lowest BCUT2D eigenvalue weighted by Gasteiger charge is -2.21. The highest BCUT2D eigenvalue weighted by molar-refractivity contribution is 5.18. The highest BCUT2D eigenvalue weighted by atomic mass is 16.7. The second-order valence-corrected chi connectivity index (χ2v) is 5.52. The molecule has 1 aromatic carbocycles. The van der Waals surface area contributed by atoms with Gasteiger partial charge in [-0.3, -0.25) is 0 Å². The van der Waals surface area contributed by atoms with E-state index in [4.69, 9.17) is 14.2 Å². The Balaban J connectivity index is 1.63. The van der Waals surface area contributed by atoms with Crippen molar-refractivity contribution >= 4 is 0 Å². The van der Waals surface area contributed by atoms with Crippen LogP contribution in [0.3, 0.4) is 0 Å². The fourth-order valence-electron chi connectivity index (χ4n) is 2.75. The molecule has 0 radical (unpaired) electrons. The zero-order valence-electron chi connectivity index (χ0n) is 11.0. The average Bonchev–Trinajstić information content (AvgIpc) is 2.96. The molecule has 3 nitrogen and oxygen atoms in total. The Kier molecular flexibility index (Phi) is 3.14. The van der Waals surface area contributed by atoms with E-state index in [0.29, 0.717) is 6.61 Å². The maximum absolute atomic E-state index is 6.12. The van der Waals surface area contributed by atoms with Gasteiger partial charge in [0.2, 0.25) is 0 Å². The summed E-state index contributed by atoms with van der Waals surface area (Å²) < 4.78 is 17.6. The first kappa shape index (κ1) is 12.2. The molecule has 2 saturated heterocycles. The lowest BCUT2D eigenvalue weighted by atomic mass is 10.1. The second kappa shape index (κ2) is 4.65. The van der Waals surface area contributed by atoms with Gasteiger partial charge in [0, 0.05) is 0 Å². The quantitative estimate of drug-likeness (QED) is 0.805. The zero-order chi connectivity index (χ0) is 12.6. The number of hydrogen-bond donors (Lipinski definition) is 0. The topological polar surface area (TPSA) is 27.7 Å². The van der Waals surface area contributed by atoms with Crippen LogP contribution in [0.25, 0.3) is 0 Å². The van der Waals surface area contributed by atoms with Crippen molar-refractivity contribution in [1.29, 1.82) is 0 Å². The Morgan fingerprint density at radius 1 is 1.06 bits per heavy atom. The van der Waals surface area contributed by atoms with Crippen LogP contribution in [0, 0.1) is 0 Å². The van der Waals surface area contributed by atoms with Crippen LogP contribution in [0.15, 0.2) is 30.3 Å². The van der Waals surface area contributed by atoms with E-state index >= 15 is 0 Å². The van der Waals surface area contributed by atoms with Gasteiger partial charge in [-0.2, -0.15) is 0 Å². The average molecular weight is 248 g/mol. The number of ether oxygens (including phenoxy) is 3. The summed E-state index contributed by atoms with van der Waals surface area (Å²) in [4.78, 5) is 0. The number of rotatable bonds is 2. The summed E-state index contributed by atoms with van der Waals surface area (Å²) in [6, 6.07) is 10.4. The van der Waals surface area contributed by atoms with Gasteiger partial charge in [-0.05, 0) is 32.3 Å². The maximum atomic E-state index is 6.12. The molecule has 0 bridgehead atoms. The monoisotopic (exact) mass is 248 g/mol. The first-order valence-corrected chi connectivity index (χ1v) is 6.66. The molecule has 0 aliphatic carbocycles. The Morgan fingerprint density at radius 3 is 2.50 bits per heavy atom. The molecule has 0 saturated carbocycles. The first-order chi connectivity index (χ1) is 8.64. The number of hydrogen-bond acceptors (Lipinski definition) is 3. The maximum Gasteiger partial charge on any atom is 0.163 e. The predicted molar refractivity (Wildman–Crippen MR) is 68.2 cm³/mol. The second-order valence-electron chi connectivity index (χ2n) is 5.52. The molecular weight excluding hydrogens is 228 g/mol. The van der Waals surface area contributed by atoms with E-state index in [2.05, 4.69) is 24.3 Å². The van der Waals surface area contributed by atoms with Crippen LogP contribution in [0.4, 0.5) is 0 Å². The van der Waals surface area contributed by atoms with Crippen LogP contribution in [0.1, 0.15) is 38.4 Å². The van der Waals surface area contributed by atoms with Gasteiger partial charge >= 0.3 is 0 Å². The minimum Gasteiger partial charge on any atom is -0.368 e. The third-order valence-corrected chi connectivity index (χ3v) is 3.67. The van der Waals surface area contributed by atoms with Gasteiger partial charge in [-0.15, -0.1) is 0 Å². The molecule has 0 spiro atoms. The zero-order valence-corrected chi connectivity index (χ0v) is 11.0. The standard InChI is InChI=1S/C15H20O3/c1-15(2)16-10-14(18-15)13-9-8-12(17-13)11-6-4-3-5-7-11/h3-7,12-14H,8-10H2,1-2H3/t12?,13-,14+/m0/s1. The molecule has 2 aliphatic heterocycles. The molecular formula is C15H20O3. The Morgan fingerprint density at radius 2 is 1.83 bits per heavy atom. The van der Waals surface area contributed by atoms with Gasteiger partial charge in [-0.25, -0.2) is 0 Å². The fourth-order valence-corrected chi connectivity index (χ4v) is 2.75. The van der Waals surface area contributed by atoms with Crippen molar-refractivity contribution in [3.8, 4) is 0 Å². The molecule has 0 aromatic heterocycles. The molecule has 3 atom stereocenters. The van der Waals surface area contributed by atoms with Crippen LogP contribution < -0.4 is 0 Å². The summed E-state index contributed by atoms with van der Waals surface area (Å²) in [5.41, 5.74) is 1.26. The van der Waals surface area contributed by atoms with Crippen molar-refractivity contribution in [3.63, 3.8) is 0 Å². The van der Waals surface area contributed by atoms with E-state index in [1.165, 1.54) is 5.56 Å². The molecule has 18 heavy (non-hydrogen) atoms. The van der Waals surface area contributed by atoms with Gasteiger partial charge in [0.1, 0.15) is 6.10 Å². The van der Waals surface area contributed by atoms with Crippen molar-refractivity contribution in [2.24, 2.45) is 0 Å². The summed E-state index contributed by atoms with van der Waals surface area (Å²) in [7, 11) is 0. The van der Waals surface area contributed by atoms with Crippen LogP contribution in [-0.2, 0) is 14.2 Å². The highest BCUT2D eigenvalue weighted by Crippen LogP contribution is 2.37. The van der Waals surface area contributed by atoms with E-state index < -0.39 is 5.79 Å². The van der Waals surface area contributed by atoms with Crippen LogP contribution in [-0.4, -0.2) is 24.6 Å². The molecule has 2 heterocycles. The predicted octanol–water partition coefficient (Wildman–Crippen LogP) is 3.06. The normalized spacial score (nSPS) is 34.9. The summed E-state index contributed by atoms with van der Waals surface area (Å²) in [5, 5.41) is 0. The van der Waals surface area contributed by atoms with Gasteiger partial charge < -0.3 is 14.2 Å². The van der Waals surface area contributed by atoms with Crippen molar-refractivity contribution in [2.75, 3.05) is 6.61 Å². The molecule has 2 aliphatic rings. The lowest BCUT2D eigenvalue weighted by Crippen LogP contribution is -2.30. The first-order valence-electron chi connectivity index (χ1n) is 6.66. The smallest absolute Gasteiger partial charge is 0.163 e. The molecule has 1 unspecified atom stereocenters. The molecule has 0 amide bonds. The Labute approximate surface area is 108 Å². The fraction of sp³-hybridized carbons (Fsp3) is 0.600. The van der Waals surface area contributed by atoms with Crippen LogP contribution in [0.5, 0.6) is 0 Å². The third-order valence-electron chi connectivity index (χ3n) is 3.67.